The monoisotopic (exact) mass is 380 g/mol. The van der Waals surface area contributed by atoms with Gasteiger partial charge in [-0.3, -0.25) is 4.79 Å². The Morgan fingerprint density at radius 1 is 1.28 bits per heavy atom. The van der Waals surface area contributed by atoms with Crippen LogP contribution in [0.2, 0.25) is 5.02 Å². The summed E-state index contributed by atoms with van der Waals surface area (Å²) in [6, 6.07) is 11.5. The minimum Gasteiger partial charge on any atom is -0.348 e. The SMILES string of the molecule is Cl.NC[C@]1(c2cccc(Cl)c2)CC[C@@H](NC(=O)c2cccnn2)CC1. The lowest BCUT2D eigenvalue weighted by molar-refractivity contribution is 0.0912. The Balaban J connectivity index is 0.00000225. The van der Waals surface area contributed by atoms with Gasteiger partial charge in [0.2, 0.25) is 0 Å². The summed E-state index contributed by atoms with van der Waals surface area (Å²) in [4.78, 5) is 12.2. The molecule has 0 unspecified atom stereocenters. The number of amides is 1. The van der Waals surface area contributed by atoms with Gasteiger partial charge in [-0.1, -0.05) is 23.7 Å². The average molecular weight is 381 g/mol. The van der Waals surface area contributed by atoms with Gasteiger partial charge in [-0.05, 0) is 55.5 Å². The Labute approximate surface area is 158 Å². The minimum atomic E-state index is -0.170. The van der Waals surface area contributed by atoms with E-state index in [1.165, 1.54) is 5.56 Å². The van der Waals surface area contributed by atoms with Crippen LogP contribution >= 0.6 is 24.0 Å². The summed E-state index contributed by atoms with van der Waals surface area (Å²) in [6.07, 6.45) is 5.17. The van der Waals surface area contributed by atoms with E-state index in [9.17, 15) is 4.79 Å². The van der Waals surface area contributed by atoms with Crippen LogP contribution in [-0.4, -0.2) is 28.7 Å². The molecule has 0 bridgehead atoms. The number of nitrogens with one attached hydrogen (secondary N) is 1. The standard InChI is InChI=1S/C18H21ClN4O.ClH/c19-14-4-1-3-13(11-14)18(12-20)8-6-15(7-9-18)22-17(24)16-5-2-10-21-23-16;/h1-5,10-11,15H,6-9,12,20H2,(H,22,24);1H/t15-,18+;. The zero-order valence-corrected chi connectivity index (χ0v) is 15.4. The number of benzene rings is 1. The quantitative estimate of drug-likeness (QED) is 0.853. The smallest absolute Gasteiger partial charge is 0.272 e. The number of nitrogens with zero attached hydrogens (tertiary/aromatic N) is 2. The molecule has 0 saturated heterocycles. The molecule has 3 rings (SSSR count). The van der Waals surface area contributed by atoms with Crippen LogP contribution < -0.4 is 11.1 Å². The van der Waals surface area contributed by atoms with Crippen LogP contribution in [0.1, 0.15) is 41.7 Å². The van der Waals surface area contributed by atoms with Crippen molar-refractivity contribution in [3.8, 4) is 0 Å². The highest BCUT2D eigenvalue weighted by Gasteiger charge is 2.36. The molecule has 0 aliphatic heterocycles. The molecule has 0 radical (unpaired) electrons. The first kappa shape index (κ1) is 19.6. The van der Waals surface area contributed by atoms with Crippen molar-refractivity contribution in [2.24, 2.45) is 5.73 Å². The first-order valence-electron chi connectivity index (χ1n) is 8.18. The summed E-state index contributed by atoms with van der Waals surface area (Å²) >= 11 is 6.14. The van der Waals surface area contributed by atoms with E-state index in [0.29, 0.717) is 12.2 Å². The van der Waals surface area contributed by atoms with Gasteiger partial charge >= 0.3 is 0 Å². The first-order chi connectivity index (χ1) is 11.6. The second-order valence-corrected chi connectivity index (χ2v) is 6.79. The van der Waals surface area contributed by atoms with Gasteiger partial charge in [0, 0.05) is 29.2 Å². The van der Waals surface area contributed by atoms with Crippen molar-refractivity contribution in [1.82, 2.24) is 15.5 Å². The fourth-order valence-corrected chi connectivity index (χ4v) is 3.62. The van der Waals surface area contributed by atoms with Gasteiger partial charge in [-0.25, -0.2) is 0 Å². The van der Waals surface area contributed by atoms with Crippen LogP contribution in [0.3, 0.4) is 0 Å². The van der Waals surface area contributed by atoms with Crippen molar-refractivity contribution in [3.63, 3.8) is 0 Å². The van der Waals surface area contributed by atoms with Crippen molar-refractivity contribution in [1.29, 1.82) is 0 Å². The Bertz CT molecular complexity index is 703. The molecule has 1 fully saturated rings. The highest BCUT2D eigenvalue weighted by molar-refractivity contribution is 6.30. The van der Waals surface area contributed by atoms with Crippen molar-refractivity contribution < 1.29 is 4.79 Å². The summed E-state index contributed by atoms with van der Waals surface area (Å²) < 4.78 is 0. The normalized spacial score (nSPS) is 22.7. The summed E-state index contributed by atoms with van der Waals surface area (Å²) in [6.45, 7) is 0.582. The molecule has 0 spiro atoms. The maximum atomic E-state index is 12.2. The van der Waals surface area contributed by atoms with Crippen LogP contribution in [0.4, 0.5) is 0 Å². The summed E-state index contributed by atoms with van der Waals surface area (Å²) in [5.74, 6) is -0.170. The molecule has 1 saturated carbocycles. The zero-order valence-electron chi connectivity index (χ0n) is 13.8. The third-order valence-electron chi connectivity index (χ3n) is 4.91. The predicted octanol–water partition coefficient (Wildman–Crippen LogP) is 3.12. The summed E-state index contributed by atoms with van der Waals surface area (Å²) in [5, 5.41) is 11.4. The van der Waals surface area contributed by atoms with E-state index >= 15 is 0 Å². The molecule has 1 amide bonds. The fourth-order valence-electron chi connectivity index (χ4n) is 3.43. The number of rotatable bonds is 4. The third-order valence-corrected chi connectivity index (χ3v) is 5.15. The highest BCUT2D eigenvalue weighted by atomic mass is 35.5. The molecule has 25 heavy (non-hydrogen) atoms. The molecule has 2 aromatic rings. The van der Waals surface area contributed by atoms with E-state index in [-0.39, 0.29) is 29.8 Å². The Hall–Kier alpha value is -1.69. The highest BCUT2D eigenvalue weighted by Crippen LogP contribution is 2.39. The van der Waals surface area contributed by atoms with Crippen molar-refractivity contribution in [2.45, 2.75) is 37.1 Å². The van der Waals surface area contributed by atoms with Crippen molar-refractivity contribution in [2.75, 3.05) is 6.54 Å². The summed E-state index contributed by atoms with van der Waals surface area (Å²) in [7, 11) is 0. The van der Waals surface area contributed by atoms with Gasteiger partial charge in [0.05, 0.1) is 0 Å². The fraction of sp³-hybridized carbons (Fsp3) is 0.389. The van der Waals surface area contributed by atoms with Crippen molar-refractivity contribution in [3.05, 3.63) is 58.9 Å². The molecule has 1 aliphatic rings. The van der Waals surface area contributed by atoms with Gasteiger partial charge < -0.3 is 11.1 Å². The zero-order chi connectivity index (χ0) is 17.0. The van der Waals surface area contributed by atoms with E-state index in [0.717, 1.165) is 30.7 Å². The van der Waals surface area contributed by atoms with Gasteiger partial charge in [-0.2, -0.15) is 5.10 Å². The Morgan fingerprint density at radius 3 is 2.64 bits per heavy atom. The molecular weight excluding hydrogens is 359 g/mol. The van der Waals surface area contributed by atoms with Gasteiger partial charge in [0.25, 0.3) is 5.91 Å². The topological polar surface area (TPSA) is 80.9 Å². The second-order valence-electron chi connectivity index (χ2n) is 6.35. The Kier molecular flexibility index (Phi) is 6.76. The molecule has 1 heterocycles. The number of halogens is 2. The molecule has 3 N–H and O–H groups in total. The number of hydrogen-bond acceptors (Lipinski definition) is 4. The van der Waals surface area contributed by atoms with Crippen LogP contribution in [-0.2, 0) is 5.41 Å². The maximum Gasteiger partial charge on any atom is 0.272 e. The van der Waals surface area contributed by atoms with Crippen LogP contribution in [0, 0.1) is 0 Å². The van der Waals surface area contributed by atoms with Gasteiger partial charge in [0.1, 0.15) is 0 Å². The lowest BCUT2D eigenvalue weighted by Crippen LogP contribution is -2.45. The minimum absolute atomic E-state index is 0. The van der Waals surface area contributed by atoms with E-state index in [1.54, 1.807) is 18.3 Å². The lowest BCUT2D eigenvalue weighted by Gasteiger charge is -2.40. The maximum absolute atomic E-state index is 12.2. The number of carbonyl (C=O) groups is 1. The summed E-state index contributed by atoms with van der Waals surface area (Å²) in [5.41, 5.74) is 7.59. The third kappa shape index (κ3) is 4.48. The molecule has 5 nitrogen and oxygen atoms in total. The predicted molar refractivity (Wildman–Crippen MR) is 101 cm³/mol. The molecule has 134 valence electrons. The molecule has 0 atom stereocenters. The first-order valence-corrected chi connectivity index (χ1v) is 8.55. The molecule has 1 aliphatic carbocycles. The molecular formula is C18H22Cl2N4O. The molecule has 1 aromatic heterocycles. The van der Waals surface area contributed by atoms with Crippen LogP contribution in [0.15, 0.2) is 42.6 Å². The number of nitrogens with two attached hydrogens (primary N) is 1. The van der Waals surface area contributed by atoms with E-state index in [1.807, 2.05) is 18.2 Å². The van der Waals surface area contributed by atoms with Gasteiger partial charge in [0.15, 0.2) is 5.69 Å². The van der Waals surface area contributed by atoms with Crippen LogP contribution in [0.5, 0.6) is 0 Å². The average Bonchev–Trinajstić information content (AvgIpc) is 2.63. The lowest BCUT2D eigenvalue weighted by atomic mass is 9.68. The Morgan fingerprint density at radius 2 is 2.04 bits per heavy atom. The molecule has 7 heteroatoms. The second kappa shape index (κ2) is 8.61. The molecule has 1 aromatic carbocycles. The van der Waals surface area contributed by atoms with Gasteiger partial charge in [-0.15, -0.1) is 17.5 Å². The van der Waals surface area contributed by atoms with E-state index in [2.05, 4.69) is 21.6 Å². The van der Waals surface area contributed by atoms with Crippen molar-refractivity contribution >= 4 is 29.9 Å². The van der Waals surface area contributed by atoms with E-state index < -0.39 is 0 Å². The number of carbonyl (C=O) groups excluding carboxylic acids is 1. The largest absolute Gasteiger partial charge is 0.348 e. The number of hydrogen-bond donors (Lipinski definition) is 2. The van der Waals surface area contributed by atoms with Crippen LogP contribution in [0.25, 0.3) is 0 Å². The number of aromatic nitrogens is 2. The van der Waals surface area contributed by atoms with E-state index in [4.69, 9.17) is 17.3 Å².